The molecule has 0 fully saturated rings. The SMILES string of the molecule is CC1CCc2c(sc3nc(SCC(=O)NCC(F)(F)F)n(Cc4ccco4)c(=O)c23)C1. The average Bonchev–Trinajstić information content (AvgIpc) is 3.33. The molecule has 0 bridgehead atoms. The van der Waals surface area contributed by atoms with E-state index in [4.69, 9.17) is 4.42 Å². The van der Waals surface area contributed by atoms with Crippen LogP contribution in [0.1, 0.15) is 29.5 Å². The summed E-state index contributed by atoms with van der Waals surface area (Å²) in [6.45, 7) is 0.910. The Morgan fingerprint density at radius 2 is 2.26 bits per heavy atom. The highest BCUT2D eigenvalue weighted by Crippen LogP contribution is 2.36. The van der Waals surface area contributed by atoms with Crippen LogP contribution in [0.5, 0.6) is 0 Å². The number of rotatable bonds is 6. The highest BCUT2D eigenvalue weighted by Gasteiger charge is 2.28. The van der Waals surface area contributed by atoms with Crippen molar-refractivity contribution >= 4 is 39.2 Å². The molecule has 31 heavy (non-hydrogen) atoms. The van der Waals surface area contributed by atoms with E-state index in [1.165, 1.54) is 22.2 Å². The summed E-state index contributed by atoms with van der Waals surface area (Å²) in [7, 11) is 0. The second kappa shape index (κ2) is 8.70. The van der Waals surface area contributed by atoms with E-state index in [2.05, 4.69) is 11.9 Å². The second-order valence-corrected chi connectivity index (χ2v) is 9.60. The van der Waals surface area contributed by atoms with Crippen LogP contribution in [0, 0.1) is 5.92 Å². The Labute approximate surface area is 183 Å². The molecule has 3 heterocycles. The number of halogens is 3. The second-order valence-electron chi connectivity index (χ2n) is 7.58. The van der Waals surface area contributed by atoms with Crippen molar-refractivity contribution in [2.24, 2.45) is 5.92 Å². The summed E-state index contributed by atoms with van der Waals surface area (Å²) in [4.78, 5) is 31.7. The van der Waals surface area contributed by atoms with E-state index in [0.717, 1.165) is 41.5 Å². The number of thioether (sulfide) groups is 1. The van der Waals surface area contributed by atoms with E-state index in [9.17, 15) is 22.8 Å². The van der Waals surface area contributed by atoms with E-state index in [-0.39, 0.29) is 23.0 Å². The third-order valence-electron chi connectivity index (χ3n) is 5.09. The normalized spacial score (nSPS) is 16.5. The van der Waals surface area contributed by atoms with Crippen molar-refractivity contribution in [3.8, 4) is 0 Å². The fourth-order valence-electron chi connectivity index (χ4n) is 3.59. The molecule has 0 radical (unpaired) electrons. The fourth-order valence-corrected chi connectivity index (χ4v) is 5.85. The van der Waals surface area contributed by atoms with Crippen molar-refractivity contribution in [3.63, 3.8) is 0 Å². The zero-order chi connectivity index (χ0) is 22.2. The van der Waals surface area contributed by atoms with E-state index < -0.39 is 18.6 Å². The number of nitrogens with one attached hydrogen (secondary N) is 1. The number of hydrogen-bond donors (Lipinski definition) is 1. The van der Waals surface area contributed by atoms with Gasteiger partial charge in [0.25, 0.3) is 5.56 Å². The van der Waals surface area contributed by atoms with Crippen LogP contribution in [0.15, 0.2) is 32.8 Å². The first kappa shape index (κ1) is 21.9. The fraction of sp³-hybridized carbons (Fsp3) is 0.450. The third kappa shape index (κ3) is 4.98. The Morgan fingerprint density at radius 1 is 1.45 bits per heavy atom. The van der Waals surface area contributed by atoms with Gasteiger partial charge in [0.15, 0.2) is 5.16 Å². The van der Waals surface area contributed by atoms with Gasteiger partial charge in [-0.3, -0.25) is 14.2 Å². The van der Waals surface area contributed by atoms with Gasteiger partial charge >= 0.3 is 6.18 Å². The van der Waals surface area contributed by atoms with Crippen molar-refractivity contribution in [2.45, 2.75) is 44.1 Å². The van der Waals surface area contributed by atoms with Gasteiger partial charge in [-0.2, -0.15) is 13.2 Å². The monoisotopic (exact) mass is 471 g/mol. The summed E-state index contributed by atoms with van der Waals surface area (Å²) in [5, 5.41) is 2.72. The minimum absolute atomic E-state index is 0.127. The highest BCUT2D eigenvalue weighted by atomic mass is 32.2. The molecule has 11 heteroatoms. The van der Waals surface area contributed by atoms with Crippen LogP contribution >= 0.6 is 23.1 Å². The number of nitrogens with zero attached hydrogens (tertiary/aromatic N) is 2. The molecule has 0 aliphatic heterocycles. The smallest absolute Gasteiger partial charge is 0.405 e. The molecule has 6 nitrogen and oxygen atoms in total. The van der Waals surface area contributed by atoms with E-state index in [1.54, 1.807) is 12.1 Å². The molecule has 4 rings (SSSR count). The molecule has 1 atom stereocenters. The topological polar surface area (TPSA) is 77.1 Å². The van der Waals surface area contributed by atoms with Crippen LogP contribution in [0.3, 0.4) is 0 Å². The van der Waals surface area contributed by atoms with Crippen molar-refractivity contribution in [1.82, 2.24) is 14.9 Å². The van der Waals surface area contributed by atoms with Crippen LogP contribution in [-0.4, -0.2) is 33.9 Å². The number of aryl methyl sites for hydroxylation is 1. The first-order valence-corrected chi connectivity index (χ1v) is 11.5. The van der Waals surface area contributed by atoms with E-state index in [0.29, 0.717) is 21.9 Å². The number of fused-ring (bicyclic) bond motifs is 3. The average molecular weight is 472 g/mol. The molecule has 3 aromatic rings. The lowest BCUT2D eigenvalue weighted by Crippen LogP contribution is -2.35. The zero-order valence-electron chi connectivity index (χ0n) is 16.6. The summed E-state index contributed by atoms with van der Waals surface area (Å²) < 4.78 is 43.8. The Hall–Kier alpha value is -2.27. The van der Waals surface area contributed by atoms with Gasteiger partial charge in [-0.15, -0.1) is 11.3 Å². The van der Waals surface area contributed by atoms with Gasteiger partial charge in [-0.1, -0.05) is 18.7 Å². The highest BCUT2D eigenvalue weighted by molar-refractivity contribution is 7.99. The number of alkyl halides is 3. The molecule has 1 amide bonds. The van der Waals surface area contributed by atoms with Crippen molar-refractivity contribution < 1.29 is 22.4 Å². The molecule has 3 aromatic heterocycles. The van der Waals surface area contributed by atoms with Gasteiger partial charge in [0.05, 0.1) is 23.9 Å². The molecule has 0 spiro atoms. The lowest BCUT2D eigenvalue weighted by Gasteiger charge is -2.17. The number of hydrogen-bond acceptors (Lipinski definition) is 6. The molecule has 166 valence electrons. The number of aromatic nitrogens is 2. The van der Waals surface area contributed by atoms with Crippen molar-refractivity contribution in [1.29, 1.82) is 0 Å². The lowest BCUT2D eigenvalue weighted by molar-refractivity contribution is -0.136. The Bertz CT molecular complexity index is 1150. The molecule has 1 aliphatic rings. The molecule has 0 aromatic carbocycles. The van der Waals surface area contributed by atoms with Gasteiger partial charge in [0.2, 0.25) is 5.91 Å². The minimum atomic E-state index is -4.48. The maximum atomic E-state index is 13.4. The molecular weight excluding hydrogens is 451 g/mol. The molecule has 0 saturated carbocycles. The van der Waals surface area contributed by atoms with Crippen LogP contribution in [0.2, 0.25) is 0 Å². The van der Waals surface area contributed by atoms with E-state index >= 15 is 0 Å². The van der Waals surface area contributed by atoms with E-state index in [1.807, 2.05) is 5.32 Å². The number of amides is 1. The van der Waals surface area contributed by atoms with Gasteiger partial charge in [-0.05, 0) is 42.9 Å². The van der Waals surface area contributed by atoms with Crippen LogP contribution in [0.4, 0.5) is 13.2 Å². The van der Waals surface area contributed by atoms with Gasteiger partial charge < -0.3 is 9.73 Å². The van der Waals surface area contributed by atoms with Gasteiger partial charge in [0.1, 0.15) is 17.1 Å². The summed E-state index contributed by atoms with van der Waals surface area (Å²) in [6.07, 6.45) is -0.257. The Morgan fingerprint density at radius 3 is 2.97 bits per heavy atom. The molecule has 1 unspecified atom stereocenters. The lowest BCUT2D eigenvalue weighted by atomic mass is 9.89. The quantitative estimate of drug-likeness (QED) is 0.435. The van der Waals surface area contributed by atoms with Crippen molar-refractivity contribution in [2.75, 3.05) is 12.3 Å². The molecule has 0 saturated heterocycles. The molecule has 1 aliphatic carbocycles. The predicted molar refractivity (Wildman–Crippen MR) is 113 cm³/mol. The Kier molecular flexibility index (Phi) is 6.16. The summed E-state index contributed by atoms with van der Waals surface area (Å²) in [5.74, 6) is 0.0239. The number of carbonyl (C=O) groups is 1. The molecule has 1 N–H and O–H groups in total. The number of thiophene rings is 1. The summed E-state index contributed by atoms with van der Waals surface area (Å²) in [6, 6.07) is 3.43. The zero-order valence-corrected chi connectivity index (χ0v) is 18.3. The first-order valence-electron chi connectivity index (χ1n) is 9.75. The van der Waals surface area contributed by atoms with Crippen LogP contribution in [0.25, 0.3) is 10.2 Å². The predicted octanol–water partition coefficient (Wildman–Crippen LogP) is 3.99. The van der Waals surface area contributed by atoms with Gasteiger partial charge in [-0.25, -0.2) is 4.98 Å². The maximum absolute atomic E-state index is 13.4. The van der Waals surface area contributed by atoms with Crippen LogP contribution < -0.4 is 10.9 Å². The third-order valence-corrected chi connectivity index (χ3v) is 7.22. The Balaban J connectivity index is 1.67. The first-order chi connectivity index (χ1) is 14.7. The summed E-state index contributed by atoms with van der Waals surface area (Å²) in [5.41, 5.74) is 0.829. The number of furan rings is 1. The van der Waals surface area contributed by atoms with Gasteiger partial charge in [0, 0.05) is 4.88 Å². The largest absolute Gasteiger partial charge is 0.467 e. The number of carbonyl (C=O) groups excluding carboxylic acids is 1. The standard InChI is InChI=1S/C20H20F3N3O3S2/c1-11-4-5-13-14(7-11)31-17-16(13)18(28)26(8-12-3-2-6-29-12)19(25-17)30-9-15(27)24-10-20(21,22)23/h2-3,6,11H,4-5,7-10H2,1H3,(H,24,27). The van der Waals surface area contributed by atoms with Crippen molar-refractivity contribution in [3.05, 3.63) is 45.0 Å². The maximum Gasteiger partial charge on any atom is 0.405 e. The summed E-state index contributed by atoms with van der Waals surface area (Å²) >= 11 is 2.43. The minimum Gasteiger partial charge on any atom is -0.467 e. The van der Waals surface area contributed by atoms with Crippen LogP contribution in [-0.2, 0) is 24.2 Å². The molecular formula is C20H20F3N3O3S2.